The zero-order valence-corrected chi connectivity index (χ0v) is 19.9. The Bertz CT molecular complexity index is 1600. The highest BCUT2D eigenvalue weighted by atomic mass is 16.2. The Morgan fingerprint density at radius 2 is 1.97 bits per heavy atom. The first-order valence-electron chi connectivity index (χ1n) is 11.8. The van der Waals surface area contributed by atoms with Crippen molar-refractivity contribution in [3.05, 3.63) is 53.2 Å². The van der Waals surface area contributed by atoms with Crippen LogP contribution in [0, 0.1) is 6.92 Å². The van der Waals surface area contributed by atoms with E-state index in [2.05, 4.69) is 52.1 Å². The molecule has 2 N–H and O–H groups in total. The molecule has 0 unspecified atom stereocenters. The first-order chi connectivity index (χ1) is 16.7. The van der Waals surface area contributed by atoms with Crippen LogP contribution in [-0.2, 0) is 15.0 Å². The second kappa shape index (κ2) is 6.32. The van der Waals surface area contributed by atoms with Crippen molar-refractivity contribution < 1.29 is 9.59 Å². The van der Waals surface area contributed by atoms with E-state index in [0.29, 0.717) is 34.4 Å². The Labute approximate surface area is 200 Å². The molecule has 2 amide bonds. The van der Waals surface area contributed by atoms with Gasteiger partial charge in [0.15, 0.2) is 11.5 Å². The molecule has 0 fully saturated rings. The lowest BCUT2D eigenvalue weighted by Crippen LogP contribution is -2.54. The number of fused-ring (bicyclic) bond motifs is 4. The molecular weight excluding hydrogens is 444 g/mol. The second-order valence-corrected chi connectivity index (χ2v) is 10.5. The van der Waals surface area contributed by atoms with Gasteiger partial charge in [-0.25, -0.2) is 15.0 Å². The molecule has 1 spiro atoms. The maximum absolute atomic E-state index is 14.5. The Hall–Kier alpha value is -4.08. The van der Waals surface area contributed by atoms with Gasteiger partial charge in [0, 0.05) is 17.5 Å². The molecule has 3 aliphatic rings. The molecule has 0 aliphatic carbocycles. The molecule has 0 bridgehead atoms. The van der Waals surface area contributed by atoms with Gasteiger partial charge in [-0.2, -0.15) is 9.78 Å². The van der Waals surface area contributed by atoms with E-state index in [0.717, 1.165) is 28.8 Å². The summed E-state index contributed by atoms with van der Waals surface area (Å²) in [5.41, 5.74) is 3.94. The molecule has 3 aromatic heterocycles. The number of nitrogens with zero attached hydrogens (tertiary/aromatic N) is 6. The summed E-state index contributed by atoms with van der Waals surface area (Å²) >= 11 is 0. The third-order valence-corrected chi connectivity index (χ3v) is 7.84. The highest BCUT2D eigenvalue weighted by molar-refractivity contribution is 6.17. The first kappa shape index (κ1) is 20.3. The van der Waals surface area contributed by atoms with Gasteiger partial charge in [0.05, 0.1) is 17.7 Å². The fraction of sp³-hybridized carbons (Fsp3) is 0.360. The van der Waals surface area contributed by atoms with Gasteiger partial charge in [-0.15, -0.1) is 0 Å². The maximum Gasteiger partial charge on any atom is 0.243 e. The molecule has 35 heavy (non-hydrogen) atoms. The second-order valence-electron chi connectivity index (χ2n) is 10.5. The van der Waals surface area contributed by atoms with E-state index >= 15 is 0 Å². The topological polar surface area (TPSA) is 122 Å². The highest BCUT2D eigenvalue weighted by Crippen LogP contribution is 2.59. The van der Waals surface area contributed by atoms with E-state index < -0.39 is 5.41 Å². The Kier molecular flexibility index (Phi) is 3.67. The largest absolute Gasteiger partial charge is 0.340 e. The SMILES string of the molecule is Cc1nn(-c2ncnc3nc[nH]c23)c2c1[C@@]1(CC(=O)N2)C(=O)N2c3c(cccc31)[C@H](C)CC2(C)C. The van der Waals surface area contributed by atoms with Crippen LogP contribution in [0.5, 0.6) is 0 Å². The third kappa shape index (κ3) is 2.34. The third-order valence-electron chi connectivity index (χ3n) is 7.84. The van der Waals surface area contributed by atoms with Crippen molar-refractivity contribution in [2.45, 2.75) is 57.4 Å². The molecule has 0 saturated carbocycles. The summed E-state index contributed by atoms with van der Waals surface area (Å²) in [4.78, 5) is 45.7. The minimum atomic E-state index is -1.15. The molecule has 7 rings (SSSR count). The summed E-state index contributed by atoms with van der Waals surface area (Å²) in [6.07, 6.45) is 3.84. The average Bonchev–Trinajstić information content (AvgIpc) is 3.47. The molecule has 3 aliphatic heterocycles. The fourth-order valence-corrected chi connectivity index (χ4v) is 6.63. The van der Waals surface area contributed by atoms with Crippen LogP contribution in [0.3, 0.4) is 0 Å². The average molecular weight is 469 g/mol. The lowest BCUT2D eigenvalue weighted by molar-refractivity contribution is -0.127. The van der Waals surface area contributed by atoms with Crippen molar-refractivity contribution in [1.82, 2.24) is 29.7 Å². The molecule has 1 aromatic carbocycles. The van der Waals surface area contributed by atoms with E-state index in [-0.39, 0.29) is 23.8 Å². The van der Waals surface area contributed by atoms with Crippen LogP contribution in [0.25, 0.3) is 17.0 Å². The normalized spacial score (nSPS) is 24.1. The number of carbonyl (C=O) groups is 2. The van der Waals surface area contributed by atoms with Gasteiger partial charge in [-0.3, -0.25) is 9.59 Å². The molecule has 0 radical (unpaired) electrons. The Morgan fingerprint density at radius 3 is 2.80 bits per heavy atom. The van der Waals surface area contributed by atoms with Gasteiger partial charge in [-0.05, 0) is 44.2 Å². The van der Waals surface area contributed by atoms with Crippen LogP contribution in [0.1, 0.15) is 61.9 Å². The van der Waals surface area contributed by atoms with Gasteiger partial charge < -0.3 is 15.2 Å². The molecule has 10 heteroatoms. The number of hydrogen-bond acceptors (Lipinski definition) is 6. The Morgan fingerprint density at radius 1 is 1.14 bits per heavy atom. The number of anilines is 2. The molecule has 10 nitrogen and oxygen atoms in total. The summed E-state index contributed by atoms with van der Waals surface area (Å²) in [6, 6.07) is 6.11. The van der Waals surface area contributed by atoms with Crippen LogP contribution in [0.15, 0.2) is 30.9 Å². The molecule has 2 atom stereocenters. The van der Waals surface area contributed by atoms with Crippen LogP contribution in [0.2, 0.25) is 0 Å². The summed E-state index contributed by atoms with van der Waals surface area (Å²) in [7, 11) is 0. The number of H-pyrrole nitrogens is 1. The first-order valence-corrected chi connectivity index (χ1v) is 11.8. The quantitative estimate of drug-likeness (QED) is 0.443. The number of aryl methyl sites for hydroxylation is 1. The molecular formula is C25H24N8O2. The zero-order chi connectivity index (χ0) is 24.3. The van der Waals surface area contributed by atoms with Crippen molar-refractivity contribution in [2.24, 2.45) is 0 Å². The minimum Gasteiger partial charge on any atom is -0.340 e. The smallest absolute Gasteiger partial charge is 0.243 e. The molecule has 176 valence electrons. The van der Waals surface area contributed by atoms with Crippen LogP contribution in [0.4, 0.5) is 11.5 Å². The van der Waals surface area contributed by atoms with Gasteiger partial charge in [0.1, 0.15) is 23.1 Å². The van der Waals surface area contributed by atoms with E-state index in [1.165, 1.54) is 6.33 Å². The van der Waals surface area contributed by atoms with E-state index in [4.69, 9.17) is 5.10 Å². The highest BCUT2D eigenvalue weighted by Gasteiger charge is 2.62. The lowest BCUT2D eigenvalue weighted by Gasteiger charge is -2.44. The number of imidazole rings is 1. The van der Waals surface area contributed by atoms with Gasteiger partial charge in [-0.1, -0.05) is 25.1 Å². The summed E-state index contributed by atoms with van der Waals surface area (Å²) < 4.78 is 1.60. The molecule has 0 saturated heterocycles. The van der Waals surface area contributed by atoms with Gasteiger partial charge >= 0.3 is 0 Å². The van der Waals surface area contributed by atoms with Crippen LogP contribution < -0.4 is 10.2 Å². The number of aromatic amines is 1. The van der Waals surface area contributed by atoms with Crippen molar-refractivity contribution in [1.29, 1.82) is 0 Å². The minimum absolute atomic E-state index is 0.0338. The molecule has 6 heterocycles. The lowest BCUT2D eigenvalue weighted by atomic mass is 9.70. The summed E-state index contributed by atoms with van der Waals surface area (Å²) in [5, 5.41) is 7.78. The van der Waals surface area contributed by atoms with E-state index in [9.17, 15) is 9.59 Å². The number of amides is 2. The summed E-state index contributed by atoms with van der Waals surface area (Å²) in [5.74, 6) is 0.929. The van der Waals surface area contributed by atoms with Crippen molar-refractivity contribution in [3.63, 3.8) is 0 Å². The number of hydrogen-bond donors (Lipinski definition) is 2. The van der Waals surface area contributed by atoms with Gasteiger partial charge in [0.25, 0.3) is 0 Å². The predicted octanol–water partition coefficient (Wildman–Crippen LogP) is 3.11. The Balaban J connectivity index is 1.55. The zero-order valence-electron chi connectivity index (χ0n) is 19.9. The molecule has 4 aromatic rings. The number of nitrogens with one attached hydrogen (secondary N) is 2. The number of para-hydroxylation sites is 1. The standard InChI is InChI=1S/C25H24N8O2/c1-12-8-24(3,4)32-19-14(12)6-5-7-15(19)25(23(32)35)9-16(34)30-21-17(25)13(2)31-33(21)22-18-20(27-10-26-18)28-11-29-22/h5-7,10-12H,8-9H2,1-4H3,(H,30,34)(H,26,27,28,29)/t12-,25+/m1/s1. The van der Waals surface area contributed by atoms with Crippen molar-refractivity contribution >= 4 is 34.5 Å². The number of rotatable bonds is 1. The van der Waals surface area contributed by atoms with Crippen molar-refractivity contribution in [3.8, 4) is 5.82 Å². The van der Waals surface area contributed by atoms with Crippen molar-refractivity contribution in [2.75, 3.05) is 10.2 Å². The van der Waals surface area contributed by atoms with Gasteiger partial charge in [0.2, 0.25) is 11.8 Å². The summed E-state index contributed by atoms with van der Waals surface area (Å²) in [6.45, 7) is 8.30. The fourth-order valence-electron chi connectivity index (χ4n) is 6.63. The maximum atomic E-state index is 14.5. The predicted molar refractivity (Wildman–Crippen MR) is 129 cm³/mol. The van der Waals surface area contributed by atoms with Crippen LogP contribution in [-0.4, -0.2) is 47.1 Å². The van der Waals surface area contributed by atoms with Crippen LogP contribution >= 0.6 is 0 Å². The number of aromatic nitrogens is 6. The monoisotopic (exact) mass is 468 g/mol. The van der Waals surface area contributed by atoms with E-state index in [1.54, 1.807) is 11.0 Å². The number of benzene rings is 1. The van der Waals surface area contributed by atoms with E-state index in [1.807, 2.05) is 24.0 Å². The number of carbonyl (C=O) groups excluding carboxylic acids is 2.